The summed E-state index contributed by atoms with van der Waals surface area (Å²) >= 11 is 0. The average molecular weight is 638 g/mol. The second-order valence-corrected chi connectivity index (χ2v) is 11.8. The Morgan fingerprint density at radius 1 is 1.13 bits per heavy atom. The number of phosphoric acid groups is 3. The molecule has 0 saturated carbocycles. The minimum Gasteiger partial charge on any atom is -0.756 e. The third kappa shape index (κ3) is 9.81. The van der Waals surface area contributed by atoms with E-state index in [4.69, 9.17) is 30.5 Å². The van der Waals surface area contributed by atoms with E-state index in [1.54, 1.807) is 0 Å². The number of aliphatic hydroxyl groups excluding tert-OH is 2. The van der Waals surface area contributed by atoms with Gasteiger partial charge in [-0.05, 0) is 0 Å². The first-order valence-corrected chi connectivity index (χ1v) is 14.1. The van der Waals surface area contributed by atoms with Crippen LogP contribution in [0.1, 0.15) is 6.23 Å². The number of aromatic nitrogens is 4. The van der Waals surface area contributed by atoms with Gasteiger partial charge in [-0.15, -0.1) is 0 Å². The monoisotopic (exact) mass is 638 g/mol. The number of imidazole rings is 1. The van der Waals surface area contributed by atoms with Crippen molar-refractivity contribution >= 4 is 46.4 Å². The summed E-state index contributed by atoms with van der Waals surface area (Å²) in [7, 11) is -17.3. The smallest absolute Gasteiger partial charge is 0.756 e. The first-order valence-electron chi connectivity index (χ1n) is 9.61. The molecule has 3 unspecified atom stereocenters. The minimum atomic E-state index is -6.11. The van der Waals surface area contributed by atoms with Gasteiger partial charge in [-0.25, -0.2) is 32.7 Å². The number of carboxylic acids is 1. The maximum atomic E-state index is 12.8. The van der Waals surface area contributed by atoms with Crippen LogP contribution in [0.3, 0.4) is 0 Å². The van der Waals surface area contributed by atoms with Gasteiger partial charge in [0.1, 0.15) is 30.2 Å². The van der Waals surface area contributed by atoms with E-state index < -0.39 is 73.2 Å². The minimum absolute atomic E-state index is 0. The van der Waals surface area contributed by atoms with Crippen molar-refractivity contribution in [2.75, 3.05) is 18.9 Å². The molecule has 0 spiro atoms. The van der Waals surface area contributed by atoms with Gasteiger partial charge in [0.2, 0.25) is 0 Å². The summed E-state index contributed by atoms with van der Waals surface area (Å²) in [5.74, 6) is -1.91. The van der Waals surface area contributed by atoms with Gasteiger partial charge in [-0.2, -0.15) is 0 Å². The van der Waals surface area contributed by atoms with E-state index in [0.717, 1.165) is 12.7 Å². The molecule has 0 radical (unpaired) electrons. The van der Waals surface area contributed by atoms with Crippen LogP contribution in [0.5, 0.6) is 0 Å². The fourth-order valence-electron chi connectivity index (χ4n) is 2.91. The second kappa shape index (κ2) is 14.5. The van der Waals surface area contributed by atoms with E-state index in [2.05, 4.69) is 28.1 Å². The first kappa shape index (κ1) is 37.1. The fraction of sp³-hybridized carbons (Fsp3) is 0.538. The van der Waals surface area contributed by atoms with Crippen molar-refractivity contribution in [2.24, 2.45) is 5.73 Å². The zero-order valence-corrected chi connectivity index (χ0v) is 26.7. The van der Waals surface area contributed by atoms with Gasteiger partial charge >= 0.3 is 74.8 Å². The first-order chi connectivity index (χ1) is 17.0. The average Bonchev–Trinajstić information content (AvgIpc) is 3.31. The summed E-state index contributed by atoms with van der Waals surface area (Å²) in [5, 5.41) is 31.6. The number of carboxylic acid groups (broad SMARTS) is 1. The Bertz CT molecular complexity index is 1300. The van der Waals surface area contributed by atoms with Crippen molar-refractivity contribution in [3.63, 3.8) is 0 Å². The van der Waals surface area contributed by atoms with Crippen LogP contribution >= 0.6 is 23.5 Å². The van der Waals surface area contributed by atoms with Crippen molar-refractivity contribution in [3.8, 4) is 0 Å². The third-order valence-corrected chi connectivity index (χ3v) is 8.70. The van der Waals surface area contributed by atoms with E-state index in [1.807, 2.05) is 0 Å². The van der Waals surface area contributed by atoms with Crippen molar-refractivity contribution in [2.45, 2.75) is 30.6 Å². The molecule has 7 atom stereocenters. The Balaban J connectivity index is 0.00000380. The molecule has 1 saturated heterocycles. The third-order valence-electron chi connectivity index (χ3n) is 4.52. The van der Waals surface area contributed by atoms with Crippen LogP contribution in [0.15, 0.2) is 12.7 Å². The van der Waals surface area contributed by atoms with Crippen LogP contribution in [-0.4, -0.2) is 83.1 Å². The molecule has 3 rings (SSSR count). The van der Waals surface area contributed by atoms with Gasteiger partial charge in [-0.1, -0.05) is 0 Å². The maximum Gasteiger partial charge on any atom is 1.00 e. The Kier molecular flexibility index (Phi) is 13.8. The number of ether oxygens (including phenoxy) is 1. The molecule has 0 bridgehead atoms. The van der Waals surface area contributed by atoms with Crippen LogP contribution in [0, 0.1) is 0 Å². The van der Waals surface area contributed by atoms with E-state index >= 15 is 0 Å². The summed E-state index contributed by atoms with van der Waals surface area (Å²) in [6.45, 7) is -2.27. The molecular formula is C13H19N6Na2O15P3. The van der Waals surface area contributed by atoms with Gasteiger partial charge in [0, 0.05) is 0 Å². The van der Waals surface area contributed by atoms with Crippen molar-refractivity contribution in [1.82, 2.24) is 19.5 Å². The van der Waals surface area contributed by atoms with Crippen LogP contribution in [0.2, 0.25) is 0 Å². The molecule has 0 amide bonds. The van der Waals surface area contributed by atoms with Gasteiger partial charge < -0.3 is 51.0 Å². The molecule has 1 fully saturated rings. The second-order valence-electron chi connectivity index (χ2n) is 7.19. The van der Waals surface area contributed by atoms with Gasteiger partial charge in [0.05, 0.1) is 31.6 Å². The van der Waals surface area contributed by atoms with Crippen LogP contribution < -0.4 is 80.6 Å². The number of nitrogens with zero attached hydrogens (tertiary/aromatic N) is 4. The number of fused-ring (bicyclic) bond motifs is 1. The van der Waals surface area contributed by atoms with E-state index in [0.29, 0.717) is 0 Å². The summed E-state index contributed by atoms with van der Waals surface area (Å²) < 4.78 is 58.7. The van der Waals surface area contributed by atoms with Crippen LogP contribution in [0.25, 0.3) is 11.2 Å². The normalized spacial score (nSPS) is 25.2. The summed E-state index contributed by atoms with van der Waals surface area (Å²) in [4.78, 5) is 51.5. The molecule has 21 nitrogen and oxygen atoms in total. The molecule has 3 heterocycles. The van der Waals surface area contributed by atoms with Crippen LogP contribution in [0.4, 0.5) is 5.82 Å². The number of nitrogens with two attached hydrogens (primary N) is 2. The number of aliphatic carboxylic acids is 1. The number of carbonyl (C=O) groups excluding carboxylic acids is 1. The van der Waals surface area contributed by atoms with Crippen molar-refractivity contribution in [1.29, 1.82) is 0 Å². The summed E-state index contributed by atoms with van der Waals surface area (Å²) in [5.41, 5.74) is 11.1. The Hall–Kier alpha value is 0.0700. The standard InChI is InChI=1S/C13H21N6O15P3.2Na/c14-5(13(22)23)1-30-37(29,34-36(27,28)33-35(24,25)26)31-2-6-8(20)9(21)12(32-6)19-4-18-7-10(15)16-3-17-11(7)19;;/h3-6,8-9,12,20-21H,1-2,14H2,(H,22,23)(H,27,28)(H2,15,16,17)(H2,24,25,26);;/q;2*+1/p-2/t5?,6-,8-,9-,12-,37?;;/m1../s1. The van der Waals surface area contributed by atoms with Gasteiger partial charge in [0.25, 0.3) is 7.82 Å². The maximum absolute atomic E-state index is 12.8. The molecule has 1 aliphatic heterocycles. The number of carbonyl (C=O) groups is 1. The molecule has 26 heteroatoms. The fourth-order valence-corrected chi connectivity index (χ4v) is 6.44. The predicted octanol–water partition coefficient (Wildman–Crippen LogP) is -10.2. The molecule has 8 N–H and O–H groups in total. The molecule has 39 heavy (non-hydrogen) atoms. The Labute approximate surface area is 262 Å². The van der Waals surface area contributed by atoms with Crippen molar-refractivity contribution in [3.05, 3.63) is 12.7 Å². The Morgan fingerprint density at radius 2 is 1.77 bits per heavy atom. The topological polar surface area (TPSA) is 337 Å². The number of phosphoric ester groups is 1. The largest absolute Gasteiger partial charge is 1.00 e. The predicted molar refractivity (Wildman–Crippen MR) is 110 cm³/mol. The number of hydrogen-bond donors (Lipinski definition) is 6. The molecule has 2 aromatic rings. The van der Waals surface area contributed by atoms with Crippen molar-refractivity contribution < 1.29 is 130 Å². The quantitative estimate of drug-likeness (QED) is 0.0928. The number of hydrogen-bond acceptors (Lipinski definition) is 18. The molecule has 208 valence electrons. The van der Waals surface area contributed by atoms with Gasteiger partial charge in [-0.3, -0.25) is 18.2 Å². The van der Waals surface area contributed by atoms with E-state index in [1.165, 1.54) is 4.57 Å². The van der Waals surface area contributed by atoms with Crippen LogP contribution in [-0.2, 0) is 40.9 Å². The zero-order valence-electron chi connectivity index (χ0n) is 20.0. The molecule has 0 aliphatic carbocycles. The Morgan fingerprint density at radius 3 is 2.36 bits per heavy atom. The number of nitrogen functional groups attached to an aromatic ring is 1. The SMILES string of the molecule is Nc1ncnc2c1ncn2[C@@H]1O[C@H](COP(=O)(OCC(N)C(=O)[O-])OP(=O)([O-])OP(=O)(O)O)[C@@H](O)[C@H]1O.[Na+].[Na+]. The molecule has 1 aliphatic rings. The summed E-state index contributed by atoms with van der Waals surface area (Å²) in [6.07, 6.45) is -4.15. The molecule has 2 aromatic heterocycles. The zero-order chi connectivity index (χ0) is 27.8. The van der Waals surface area contributed by atoms with E-state index in [-0.39, 0.29) is 76.1 Å². The molecular weight excluding hydrogens is 619 g/mol. The number of aliphatic hydroxyl groups is 2. The molecule has 0 aromatic carbocycles. The van der Waals surface area contributed by atoms with Gasteiger partial charge in [0.15, 0.2) is 17.7 Å². The van der Waals surface area contributed by atoms with E-state index in [9.17, 15) is 38.7 Å². The summed E-state index contributed by atoms with van der Waals surface area (Å²) in [6, 6.07) is -1.97. The number of anilines is 1. The number of rotatable bonds is 12.